The Morgan fingerprint density at radius 2 is 0.778 bits per heavy atom. The number of para-hydroxylation sites is 2. The van der Waals surface area contributed by atoms with Crippen LogP contribution in [0.5, 0.6) is 0 Å². The molecule has 11 rings (SSSR count). The molecule has 11 aromatic rings. The minimum Gasteiger partial charge on any atom is -0.307 e. The molecule has 0 saturated carbocycles. The van der Waals surface area contributed by atoms with Gasteiger partial charge in [0.15, 0.2) is 17.5 Å². The summed E-state index contributed by atoms with van der Waals surface area (Å²) in [5, 5.41) is 7.40. The lowest BCUT2D eigenvalue weighted by Gasteiger charge is -2.13. The third kappa shape index (κ3) is 4.69. The molecule has 0 saturated heterocycles. The fourth-order valence-corrected chi connectivity index (χ4v) is 8.13. The third-order valence-corrected chi connectivity index (χ3v) is 10.5. The average molecular weight is 690 g/mol. The summed E-state index contributed by atoms with van der Waals surface area (Å²) in [6, 6.07) is 66.2. The van der Waals surface area contributed by atoms with Crippen LogP contribution in [0.25, 0.3) is 99.9 Å². The highest BCUT2D eigenvalue weighted by Gasteiger charge is 2.22. The zero-order chi connectivity index (χ0) is 35.6. The number of rotatable bonds is 5. The van der Waals surface area contributed by atoms with Gasteiger partial charge >= 0.3 is 0 Å². The van der Waals surface area contributed by atoms with Crippen LogP contribution < -0.4 is 0 Å². The van der Waals surface area contributed by atoms with Gasteiger partial charge in [-0.1, -0.05) is 140 Å². The third-order valence-electron chi connectivity index (χ3n) is 10.5. The van der Waals surface area contributed by atoms with Crippen LogP contribution in [0, 0.1) is 0 Å². The fourth-order valence-electron chi connectivity index (χ4n) is 8.13. The van der Waals surface area contributed by atoms with Crippen LogP contribution in [-0.4, -0.2) is 24.1 Å². The van der Waals surface area contributed by atoms with Crippen molar-refractivity contribution in [2.75, 3.05) is 0 Å². The molecule has 0 radical (unpaired) electrons. The van der Waals surface area contributed by atoms with E-state index >= 15 is 0 Å². The zero-order valence-electron chi connectivity index (χ0n) is 29.1. The molecular weight excluding hydrogens is 659 g/mol. The Morgan fingerprint density at radius 3 is 1.44 bits per heavy atom. The van der Waals surface area contributed by atoms with Crippen molar-refractivity contribution in [3.63, 3.8) is 0 Å². The van der Waals surface area contributed by atoms with Gasteiger partial charge < -0.3 is 9.13 Å². The van der Waals surface area contributed by atoms with Gasteiger partial charge in [0.2, 0.25) is 0 Å². The van der Waals surface area contributed by atoms with E-state index in [0.717, 1.165) is 33.6 Å². The molecule has 0 spiro atoms. The lowest BCUT2D eigenvalue weighted by molar-refractivity contribution is 1.07. The first-order valence-electron chi connectivity index (χ1n) is 18.2. The van der Waals surface area contributed by atoms with E-state index in [4.69, 9.17) is 15.0 Å². The van der Waals surface area contributed by atoms with Gasteiger partial charge in [0.1, 0.15) is 0 Å². The van der Waals surface area contributed by atoms with E-state index < -0.39 is 0 Å². The van der Waals surface area contributed by atoms with E-state index in [9.17, 15) is 0 Å². The summed E-state index contributed by atoms with van der Waals surface area (Å²) in [6.45, 7) is 0. The van der Waals surface area contributed by atoms with Crippen LogP contribution in [0.1, 0.15) is 0 Å². The summed E-state index contributed by atoms with van der Waals surface area (Å²) in [4.78, 5) is 14.9. The molecule has 3 heterocycles. The molecule has 0 atom stereocenters. The van der Waals surface area contributed by atoms with Gasteiger partial charge in [0, 0.05) is 49.6 Å². The van der Waals surface area contributed by atoms with Gasteiger partial charge in [-0.25, -0.2) is 15.0 Å². The van der Waals surface area contributed by atoms with E-state index in [-0.39, 0.29) is 0 Å². The second kappa shape index (κ2) is 12.1. The van der Waals surface area contributed by atoms with Gasteiger partial charge in [-0.15, -0.1) is 0 Å². The highest BCUT2D eigenvalue weighted by atomic mass is 15.1. The smallest absolute Gasteiger partial charge is 0.164 e. The molecule has 5 nitrogen and oxygen atoms in total. The van der Waals surface area contributed by atoms with Gasteiger partial charge in [-0.2, -0.15) is 0 Å². The van der Waals surface area contributed by atoms with Gasteiger partial charge in [-0.3, -0.25) is 0 Å². The highest BCUT2D eigenvalue weighted by Crippen LogP contribution is 2.43. The van der Waals surface area contributed by atoms with Crippen molar-refractivity contribution >= 4 is 54.4 Å². The maximum atomic E-state index is 4.99. The first-order valence-corrected chi connectivity index (χ1v) is 18.2. The van der Waals surface area contributed by atoms with Crippen LogP contribution in [0.4, 0.5) is 0 Å². The Balaban J connectivity index is 1.17. The molecule has 0 aliphatic carbocycles. The molecule has 0 amide bonds. The Labute approximate surface area is 311 Å². The summed E-state index contributed by atoms with van der Waals surface area (Å²) in [5.74, 6) is 1.93. The molecule has 54 heavy (non-hydrogen) atoms. The molecule has 0 aliphatic rings. The van der Waals surface area contributed by atoms with Crippen LogP contribution in [0.15, 0.2) is 188 Å². The second-order valence-electron chi connectivity index (χ2n) is 13.6. The van der Waals surface area contributed by atoms with Gasteiger partial charge in [-0.05, 0) is 59.3 Å². The van der Waals surface area contributed by atoms with Crippen LogP contribution in [-0.2, 0) is 0 Å². The quantitative estimate of drug-likeness (QED) is 0.181. The van der Waals surface area contributed by atoms with Crippen molar-refractivity contribution in [3.8, 4) is 45.5 Å². The number of nitrogens with zero attached hydrogens (tertiary/aromatic N) is 5. The van der Waals surface area contributed by atoms with Gasteiger partial charge in [0.25, 0.3) is 0 Å². The monoisotopic (exact) mass is 689 g/mol. The minimum atomic E-state index is 0.634. The van der Waals surface area contributed by atoms with E-state index in [1.807, 2.05) is 60.7 Å². The Kier molecular flexibility index (Phi) is 6.79. The number of benzene rings is 8. The van der Waals surface area contributed by atoms with Crippen molar-refractivity contribution in [2.24, 2.45) is 0 Å². The van der Waals surface area contributed by atoms with E-state index in [1.165, 1.54) is 48.9 Å². The van der Waals surface area contributed by atoms with Crippen LogP contribution in [0.2, 0.25) is 0 Å². The van der Waals surface area contributed by atoms with Gasteiger partial charge in [0.05, 0.1) is 22.1 Å². The maximum absolute atomic E-state index is 4.99. The summed E-state index contributed by atoms with van der Waals surface area (Å²) in [6.07, 6.45) is 0. The average Bonchev–Trinajstić information content (AvgIpc) is 3.78. The fraction of sp³-hybridized carbons (Fsp3) is 0. The zero-order valence-corrected chi connectivity index (χ0v) is 29.1. The topological polar surface area (TPSA) is 48.5 Å². The molecule has 252 valence electrons. The Hall–Kier alpha value is -7.37. The summed E-state index contributed by atoms with van der Waals surface area (Å²) >= 11 is 0. The lowest BCUT2D eigenvalue weighted by atomic mass is 10.0. The molecular formula is C49H31N5. The summed E-state index contributed by atoms with van der Waals surface area (Å²) in [5.41, 5.74) is 9.71. The maximum Gasteiger partial charge on any atom is 0.164 e. The van der Waals surface area contributed by atoms with Crippen molar-refractivity contribution < 1.29 is 0 Å². The lowest BCUT2D eigenvalue weighted by Crippen LogP contribution is -2.01. The van der Waals surface area contributed by atoms with Crippen LogP contribution in [0.3, 0.4) is 0 Å². The van der Waals surface area contributed by atoms with Crippen molar-refractivity contribution in [1.82, 2.24) is 24.1 Å². The highest BCUT2D eigenvalue weighted by molar-refractivity contribution is 6.28. The van der Waals surface area contributed by atoms with E-state index in [0.29, 0.717) is 17.5 Å². The number of hydrogen-bond acceptors (Lipinski definition) is 3. The van der Waals surface area contributed by atoms with Crippen molar-refractivity contribution in [2.45, 2.75) is 0 Å². The predicted molar refractivity (Wildman–Crippen MR) is 222 cm³/mol. The number of fused-ring (bicyclic) bond motifs is 9. The number of aromatic nitrogens is 5. The molecule has 5 heteroatoms. The molecule has 0 unspecified atom stereocenters. The predicted octanol–water partition coefficient (Wildman–Crippen LogP) is 12.2. The molecule has 0 fully saturated rings. The first kappa shape index (κ1) is 30.3. The van der Waals surface area contributed by atoms with Crippen molar-refractivity contribution in [3.05, 3.63) is 188 Å². The summed E-state index contributed by atoms with van der Waals surface area (Å²) in [7, 11) is 0. The SMILES string of the molecule is c1ccc(-c2nc(-c3ccccc3)nc(-c3ccc(-n4c5ccccc5c5ccc6c7c8ccccc8ccc7n(-c7ccccc7)c6c54)cc3)n2)cc1. The van der Waals surface area contributed by atoms with Crippen LogP contribution >= 0.6 is 0 Å². The molecule has 0 bridgehead atoms. The van der Waals surface area contributed by atoms with E-state index in [1.54, 1.807) is 0 Å². The Morgan fingerprint density at radius 1 is 0.296 bits per heavy atom. The second-order valence-corrected chi connectivity index (χ2v) is 13.6. The standard InChI is InChI=1S/C49H31N5/c1-4-15-33(16-5-1)47-50-48(34-17-6-2-7-18-34)52-49(51-47)35-24-27-37(28-25-35)53-42-23-13-12-22-39(42)40-29-30-41-44-38-21-11-10-14-32(38)26-31-43(44)54(46(41)45(40)53)36-19-8-3-9-20-36/h1-31H. The van der Waals surface area contributed by atoms with Crippen molar-refractivity contribution in [1.29, 1.82) is 0 Å². The molecule has 0 N–H and O–H groups in total. The Bertz CT molecular complexity index is 3120. The normalized spacial score (nSPS) is 11.7. The molecule has 8 aromatic carbocycles. The first-order chi connectivity index (χ1) is 26.8. The largest absolute Gasteiger partial charge is 0.307 e. The number of hydrogen-bond donors (Lipinski definition) is 0. The van der Waals surface area contributed by atoms with E-state index in [2.05, 4.69) is 137 Å². The molecule has 0 aliphatic heterocycles. The summed E-state index contributed by atoms with van der Waals surface area (Å²) < 4.78 is 4.87. The molecule has 3 aromatic heterocycles. The minimum absolute atomic E-state index is 0.634.